The van der Waals surface area contributed by atoms with Crippen molar-refractivity contribution in [2.45, 2.75) is 37.1 Å². The van der Waals surface area contributed by atoms with Crippen LogP contribution >= 0.6 is 11.6 Å². The van der Waals surface area contributed by atoms with E-state index in [4.69, 9.17) is 11.6 Å². The lowest BCUT2D eigenvalue weighted by atomic mass is 10.2. The molecule has 0 unspecified atom stereocenters. The van der Waals surface area contributed by atoms with Crippen molar-refractivity contribution in [2.75, 3.05) is 19.6 Å². The maximum absolute atomic E-state index is 12.9. The molecule has 1 saturated heterocycles. The van der Waals surface area contributed by atoms with Crippen LogP contribution in [0.25, 0.3) is 0 Å². The van der Waals surface area contributed by atoms with Crippen molar-refractivity contribution in [3.8, 4) is 0 Å². The highest BCUT2D eigenvalue weighted by molar-refractivity contribution is 7.89. The van der Waals surface area contributed by atoms with Crippen LogP contribution in [-0.2, 0) is 21.4 Å². The molecule has 2 aromatic rings. The zero-order chi connectivity index (χ0) is 22.3. The minimum Gasteiger partial charge on any atom is -0.352 e. The summed E-state index contributed by atoms with van der Waals surface area (Å²) in [6.07, 6.45) is 6.00. The molecule has 8 nitrogen and oxygen atoms in total. The predicted octanol–water partition coefficient (Wildman–Crippen LogP) is 2.35. The lowest BCUT2D eigenvalue weighted by Gasteiger charge is -2.26. The molecule has 10 heteroatoms. The molecule has 0 atom stereocenters. The minimum atomic E-state index is -3.76. The lowest BCUT2D eigenvalue weighted by molar-refractivity contribution is -0.121. The number of carbonyl (C=O) groups excluding carboxylic acids is 2. The standard InChI is InChI=1S/C21H25ClN4O4S/c22-18-5-4-17(14-19(18)31(29,30)26-12-2-1-3-13-26)21(28)24-11-8-20(27)25-15-16-6-9-23-10-7-16/h4-7,9-10,14H,1-3,8,11-13,15H2,(H,24,28)(H,25,27). The van der Waals surface area contributed by atoms with Gasteiger partial charge in [-0.1, -0.05) is 18.0 Å². The summed E-state index contributed by atoms with van der Waals surface area (Å²) in [5.41, 5.74) is 1.10. The molecular formula is C21H25ClN4O4S. The smallest absolute Gasteiger partial charge is 0.251 e. The van der Waals surface area contributed by atoms with E-state index >= 15 is 0 Å². The number of amides is 2. The van der Waals surface area contributed by atoms with Crippen LogP contribution in [0.2, 0.25) is 5.02 Å². The van der Waals surface area contributed by atoms with E-state index in [2.05, 4.69) is 15.6 Å². The average molecular weight is 465 g/mol. The molecule has 2 amide bonds. The Morgan fingerprint density at radius 2 is 1.74 bits per heavy atom. The number of nitrogens with zero attached hydrogens (tertiary/aromatic N) is 2. The molecule has 3 rings (SSSR count). The Balaban J connectivity index is 1.55. The van der Waals surface area contributed by atoms with E-state index in [9.17, 15) is 18.0 Å². The van der Waals surface area contributed by atoms with Gasteiger partial charge in [0.25, 0.3) is 5.91 Å². The summed E-state index contributed by atoms with van der Waals surface area (Å²) in [4.78, 5) is 28.3. The first kappa shape index (κ1) is 23.2. The van der Waals surface area contributed by atoms with Gasteiger partial charge in [0.15, 0.2) is 0 Å². The van der Waals surface area contributed by atoms with Crippen LogP contribution < -0.4 is 10.6 Å². The van der Waals surface area contributed by atoms with Gasteiger partial charge < -0.3 is 10.6 Å². The number of piperidine rings is 1. The van der Waals surface area contributed by atoms with Gasteiger partial charge in [-0.15, -0.1) is 0 Å². The summed E-state index contributed by atoms with van der Waals surface area (Å²) >= 11 is 6.14. The molecule has 166 valence electrons. The molecule has 0 spiro atoms. The van der Waals surface area contributed by atoms with Crippen molar-refractivity contribution in [2.24, 2.45) is 0 Å². The van der Waals surface area contributed by atoms with Crippen LogP contribution in [0.1, 0.15) is 41.6 Å². The normalized spacial score (nSPS) is 14.7. The largest absolute Gasteiger partial charge is 0.352 e. The van der Waals surface area contributed by atoms with Crippen molar-refractivity contribution in [1.82, 2.24) is 19.9 Å². The minimum absolute atomic E-state index is 0.0705. The second-order valence-electron chi connectivity index (χ2n) is 7.25. The second-order valence-corrected chi connectivity index (χ2v) is 9.56. The highest BCUT2D eigenvalue weighted by Gasteiger charge is 2.28. The van der Waals surface area contributed by atoms with Crippen LogP contribution in [0.4, 0.5) is 0 Å². The predicted molar refractivity (Wildman–Crippen MR) is 117 cm³/mol. The number of sulfonamides is 1. The van der Waals surface area contributed by atoms with E-state index in [1.54, 1.807) is 24.5 Å². The third kappa shape index (κ3) is 6.25. The molecule has 0 aliphatic carbocycles. The number of hydrogen-bond acceptors (Lipinski definition) is 5. The Kier molecular flexibility index (Phi) is 8.00. The maximum atomic E-state index is 12.9. The average Bonchev–Trinajstić information content (AvgIpc) is 2.79. The Hall–Kier alpha value is -2.49. The maximum Gasteiger partial charge on any atom is 0.251 e. The Bertz CT molecular complexity index is 1020. The summed E-state index contributed by atoms with van der Waals surface area (Å²) in [6, 6.07) is 7.78. The summed E-state index contributed by atoms with van der Waals surface area (Å²) in [7, 11) is -3.76. The summed E-state index contributed by atoms with van der Waals surface area (Å²) in [5, 5.41) is 5.49. The van der Waals surface area contributed by atoms with Gasteiger partial charge in [-0.3, -0.25) is 14.6 Å². The van der Waals surface area contributed by atoms with E-state index in [0.29, 0.717) is 19.6 Å². The van der Waals surface area contributed by atoms with Crippen LogP contribution in [0.15, 0.2) is 47.6 Å². The first-order valence-corrected chi connectivity index (χ1v) is 11.9. The first-order chi connectivity index (χ1) is 14.9. The Morgan fingerprint density at radius 3 is 2.45 bits per heavy atom. The Labute approximate surface area is 187 Å². The van der Waals surface area contributed by atoms with E-state index < -0.39 is 15.9 Å². The van der Waals surface area contributed by atoms with Gasteiger partial charge in [0, 0.05) is 50.6 Å². The molecule has 1 aliphatic rings. The third-order valence-corrected chi connectivity index (χ3v) is 7.38. The number of nitrogens with one attached hydrogen (secondary N) is 2. The topological polar surface area (TPSA) is 108 Å². The number of rotatable bonds is 8. The zero-order valence-electron chi connectivity index (χ0n) is 17.0. The quantitative estimate of drug-likeness (QED) is 0.623. The van der Waals surface area contributed by atoms with Gasteiger partial charge >= 0.3 is 0 Å². The van der Waals surface area contributed by atoms with Gasteiger partial charge in [0.2, 0.25) is 15.9 Å². The number of halogens is 1. The molecule has 31 heavy (non-hydrogen) atoms. The van der Waals surface area contributed by atoms with Gasteiger partial charge in [0.05, 0.1) is 5.02 Å². The molecule has 0 radical (unpaired) electrons. The van der Waals surface area contributed by atoms with Crippen molar-refractivity contribution >= 4 is 33.4 Å². The van der Waals surface area contributed by atoms with Crippen LogP contribution in [-0.4, -0.2) is 49.2 Å². The number of hydrogen-bond donors (Lipinski definition) is 2. The van der Waals surface area contributed by atoms with Gasteiger partial charge in [-0.2, -0.15) is 4.31 Å². The van der Waals surface area contributed by atoms with E-state index in [0.717, 1.165) is 24.8 Å². The first-order valence-electron chi connectivity index (χ1n) is 10.1. The second kappa shape index (κ2) is 10.7. The van der Waals surface area contributed by atoms with E-state index in [1.165, 1.54) is 22.5 Å². The van der Waals surface area contributed by atoms with Crippen molar-refractivity contribution in [3.63, 3.8) is 0 Å². The zero-order valence-corrected chi connectivity index (χ0v) is 18.6. The summed E-state index contributed by atoms with van der Waals surface area (Å²) in [6.45, 7) is 1.40. The van der Waals surface area contributed by atoms with Crippen molar-refractivity contribution in [3.05, 3.63) is 58.9 Å². The fourth-order valence-electron chi connectivity index (χ4n) is 3.27. The molecular weight excluding hydrogens is 440 g/mol. The molecule has 2 heterocycles. The fourth-order valence-corrected chi connectivity index (χ4v) is 5.29. The molecule has 1 fully saturated rings. The van der Waals surface area contributed by atoms with Crippen LogP contribution in [0, 0.1) is 0 Å². The molecule has 2 N–H and O–H groups in total. The number of aromatic nitrogens is 1. The molecule has 1 aliphatic heterocycles. The SMILES string of the molecule is O=C(CCNC(=O)c1ccc(Cl)c(S(=O)(=O)N2CCCCC2)c1)NCc1ccncc1. The van der Waals surface area contributed by atoms with E-state index in [1.807, 2.05) is 0 Å². The third-order valence-electron chi connectivity index (χ3n) is 5.00. The molecule has 0 bridgehead atoms. The Morgan fingerprint density at radius 1 is 1.03 bits per heavy atom. The van der Waals surface area contributed by atoms with Crippen molar-refractivity contribution in [1.29, 1.82) is 0 Å². The summed E-state index contributed by atoms with van der Waals surface area (Å²) in [5.74, 6) is -0.671. The van der Waals surface area contributed by atoms with E-state index in [-0.39, 0.29) is 34.4 Å². The number of benzene rings is 1. The van der Waals surface area contributed by atoms with Gasteiger partial charge in [-0.25, -0.2) is 8.42 Å². The van der Waals surface area contributed by atoms with Crippen molar-refractivity contribution < 1.29 is 18.0 Å². The highest BCUT2D eigenvalue weighted by Crippen LogP contribution is 2.27. The number of pyridine rings is 1. The lowest BCUT2D eigenvalue weighted by Crippen LogP contribution is -2.36. The van der Waals surface area contributed by atoms with Gasteiger partial charge in [0.1, 0.15) is 4.90 Å². The molecule has 1 aromatic carbocycles. The molecule has 0 saturated carbocycles. The number of carbonyl (C=O) groups is 2. The van der Waals surface area contributed by atoms with Crippen LogP contribution in [0.5, 0.6) is 0 Å². The highest BCUT2D eigenvalue weighted by atomic mass is 35.5. The van der Waals surface area contributed by atoms with Crippen LogP contribution in [0.3, 0.4) is 0 Å². The fraction of sp³-hybridized carbons (Fsp3) is 0.381. The molecule has 1 aromatic heterocycles. The van der Waals surface area contributed by atoms with Gasteiger partial charge in [-0.05, 0) is 48.7 Å². The summed E-state index contributed by atoms with van der Waals surface area (Å²) < 4.78 is 27.3. The monoisotopic (exact) mass is 464 g/mol.